The van der Waals surface area contributed by atoms with Gasteiger partial charge in [-0.05, 0) is 20.8 Å². The van der Waals surface area contributed by atoms with E-state index in [-0.39, 0.29) is 24.6 Å². The Bertz CT molecular complexity index is 531. The predicted molar refractivity (Wildman–Crippen MR) is 69.2 cm³/mol. The summed E-state index contributed by atoms with van der Waals surface area (Å²) in [5, 5.41) is 0. The van der Waals surface area contributed by atoms with Crippen LogP contribution in [0.15, 0.2) is 4.36 Å². The van der Waals surface area contributed by atoms with E-state index < -0.39 is 33.5 Å². The second kappa shape index (κ2) is 5.82. The second-order valence-corrected chi connectivity index (χ2v) is 8.09. The number of nitrogens with zero attached hydrogens (tertiary/aromatic N) is 2. The molecule has 0 saturated carbocycles. The Labute approximate surface area is 120 Å². The number of carbonyl (C=O) groups is 2. The average Bonchev–Trinajstić information content (AvgIpc) is 2.25. The first-order valence-electron chi connectivity index (χ1n) is 6.14. The van der Waals surface area contributed by atoms with Gasteiger partial charge in [-0.3, -0.25) is 4.79 Å². The third-order valence-corrected chi connectivity index (χ3v) is 4.64. The third kappa shape index (κ3) is 5.52. The first-order chi connectivity index (χ1) is 9.32. The predicted octanol–water partition coefficient (Wildman–Crippen LogP) is 1.79. The number of alkyl halides is 3. The van der Waals surface area contributed by atoms with Crippen LogP contribution in [0.2, 0.25) is 0 Å². The van der Waals surface area contributed by atoms with E-state index >= 15 is 0 Å². The summed E-state index contributed by atoms with van der Waals surface area (Å²) in [6, 6.07) is 0. The molecule has 1 saturated heterocycles. The summed E-state index contributed by atoms with van der Waals surface area (Å²) in [6.07, 6.45) is -5.77. The van der Waals surface area contributed by atoms with Gasteiger partial charge in [0.25, 0.3) is 0 Å². The molecule has 2 amide bonds. The van der Waals surface area contributed by atoms with Gasteiger partial charge in [-0.25, -0.2) is 9.00 Å². The molecule has 1 aliphatic heterocycles. The maximum absolute atomic E-state index is 12.1. The fraction of sp³-hybridized carbons (Fsp3) is 0.818. The average molecular weight is 330 g/mol. The number of hydrogen-bond acceptors (Lipinski definition) is 4. The van der Waals surface area contributed by atoms with Crippen molar-refractivity contribution in [3.8, 4) is 0 Å². The molecule has 1 fully saturated rings. The van der Waals surface area contributed by atoms with Crippen LogP contribution in [0.25, 0.3) is 0 Å². The molecule has 10 heteroatoms. The highest BCUT2D eigenvalue weighted by atomic mass is 32.2. The molecule has 0 aromatic rings. The first kappa shape index (κ1) is 17.7. The molecule has 0 radical (unpaired) electrons. The van der Waals surface area contributed by atoms with E-state index in [0.29, 0.717) is 0 Å². The van der Waals surface area contributed by atoms with Crippen LogP contribution in [-0.2, 0) is 19.3 Å². The zero-order valence-corrected chi connectivity index (χ0v) is 12.7. The fourth-order valence-corrected chi connectivity index (χ4v) is 3.33. The van der Waals surface area contributed by atoms with Crippen molar-refractivity contribution in [2.75, 3.05) is 24.6 Å². The highest BCUT2D eigenvalue weighted by Crippen LogP contribution is 2.19. The zero-order valence-electron chi connectivity index (χ0n) is 11.9. The Morgan fingerprint density at radius 3 is 2.00 bits per heavy atom. The summed E-state index contributed by atoms with van der Waals surface area (Å²) in [5.41, 5.74) is -0.702. The molecule has 1 aliphatic rings. The molecule has 1 heterocycles. The summed E-state index contributed by atoms with van der Waals surface area (Å²) in [6.45, 7) is 4.89. The molecule has 6 nitrogen and oxygen atoms in total. The fourth-order valence-electron chi connectivity index (χ4n) is 1.52. The lowest BCUT2D eigenvalue weighted by Crippen LogP contribution is -2.46. The van der Waals surface area contributed by atoms with Crippen LogP contribution >= 0.6 is 0 Å². The van der Waals surface area contributed by atoms with Crippen molar-refractivity contribution in [3.05, 3.63) is 0 Å². The van der Waals surface area contributed by atoms with Crippen LogP contribution in [0.1, 0.15) is 20.8 Å². The Kier molecular flexibility index (Phi) is 4.91. The molecule has 0 aromatic heterocycles. The minimum absolute atomic E-state index is 0.0671. The minimum Gasteiger partial charge on any atom is -0.444 e. The smallest absolute Gasteiger partial charge is 0.444 e. The number of amides is 2. The van der Waals surface area contributed by atoms with Crippen molar-refractivity contribution >= 4 is 21.7 Å². The first-order valence-corrected chi connectivity index (χ1v) is 7.99. The van der Waals surface area contributed by atoms with Crippen LogP contribution in [0.3, 0.4) is 0 Å². The van der Waals surface area contributed by atoms with E-state index in [1.165, 1.54) is 4.90 Å². The molecular formula is C11H17F3N2O4S. The number of carbonyl (C=O) groups excluding carboxylic acids is 2. The van der Waals surface area contributed by atoms with E-state index in [1.54, 1.807) is 20.8 Å². The van der Waals surface area contributed by atoms with Gasteiger partial charge in [0.15, 0.2) is 0 Å². The van der Waals surface area contributed by atoms with Gasteiger partial charge in [0.1, 0.15) is 5.60 Å². The van der Waals surface area contributed by atoms with Crippen molar-refractivity contribution in [2.45, 2.75) is 32.5 Å². The van der Waals surface area contributed by atoms with Gasteiger partial charge in [-0.15, -0.1) is 0 Å². The normalized spacial score (nSPS) is 19.0. The maximum Gasteiger partial charge on any atom is 0.474 e. The summed E-state index contributed by atoms with van der Waals surface area (Å²) in [4.78, 5) is 23.7. The van der Waals surface area contributed by atoms with Crippen LogP contribution in [0.4, 0.5) is 18.0 Å². The van der Waals surface area contributed by atoms with Crippen molar-refractivity contribution in [1.29, 1.82) is 0 Å². The largest absolute Gasteiger partial charge is 0.474 e. The molecule has 0 aliphatic carbocycles. The van der Waals surface area contributed by atoms with Crippen molar-refractivity contribution < 1.29 is 31.7 Å². The number of rotatable bonds is 0. The van der Waals surface area contributed by atoms with E-state index in [9.17, 15) is 27.0 Å². The van der Waals surface area contributed by atoms with E-state index in [1.807, 2.05) is 0 Å². The zero-order chi connectivity index (χ0) is 16.5. The van der Waals surface area contributed by atoms with Crippen LogP contribution < -0.4 is 0 Å². The number of halogens is 3. The molecule has 0 N–H and O–H groups in total. The lowest BCUT2D eigenvalue weighted by molar-refractivity contribution is -0.169. The molecule has 0 aromatic carbocycles. The molecule has 21 heavy (non-hydrogen) atoms. The summed E-state index contributed by atoms with van der Waals surface area (Å²) < 4.78 is 56.3. The van der Waals surface area contributed by atoms with E-state index in [4.69, 9.17) is 4.74 Å². The van der Waals surface area contributed by atoms with Crippen LogP contribution in [0, 0.1) is 0 Å². The van der Waals surface area contributed by atoms with Gasteiger partial charge in [-0.2, -0.15) is 17.5 Å². The quantitative estimate of drug-likeness (QED) is 0.678. The summed E-state index contributed by atoms with van der Waals surface area (Å²) >= 11 is 0. The standard InChI is InChI=1S/C11H17F3N2O4S/c1-10(2,3)20-9(18)16-4-6-21(19,7-5-16)15-8(17)11(12,13)14/h4-7H2,1-3H3. The second-order valence-electron chi connectivity index (χ2n) is 5.54. The van der Waals surface area contributed by atoms with Crippen LogP contribution in [-0.4, -0.2) is 57.5 Å². The molecule has 0 spiro atoms. The summed E-state index contributed by atoms with van der Waals surface area (Å²) in [7, 11) is -3.28. The van der Waals surface area contributed by atoms with Crippen LogP contribution in [0.5, 0.6) is 0 Å². The summed E-state index contributed by atoms with van der Waals surface area (Å²) in [5.74, 6) is -2.92. The van der Waals surface area contributed by atoms with Gasteiger partial charge in [-0.1, -0.05) is 0 Å². The molecule has 0 bridgehead atoms. The Balaban J connectivity index is 2.71. The highest BCUT2D eigenvalue weighted by molar-refractivity contribution is 7.94. The minimum atomic E-state index is -5.13. The maximum atomic E-state index is 12.1. The monoisotopic (exact) mass is 330 g/mol. The Morgan fingerprint density at radius 2 is 1.62 bits per heavy atom. The van der Waals surface area contributed by atoms with Gasteiger partial charge in [0.2, 0.25) is 0 Å². The van der Waals surface area contributed by atoms with Crippen molar-refractivity contribution in [2.24, 2.45) is 4.36 Å². The molecular weight excluding hydrogens is 313 g/mol. The van der Waals surface area contributed by atoms with Gasteiger partial charge in [0.05, 0.1) is 21.2 Å². The SMILES string of the molecule is CC(C)(C)OC(=O)N1CCS(=O)(=NC(=O)C(F)(F)F)CC1. The third-order valence-electron chi connectivity index (χ3n) is 2.50. The Morgan fingerprint density at radius 1 is 1.14 bits per heavy atom. The van der Waals surface area contributed by atoms with Crippen molar-refractivity contribution in [3.63, 3.8) is 0 Å². The number of ether oxygens (including phenoxy) is 1. The van der Waals surface area contributed by atoms with Gasteiger partial charge in [0, 0.05) is 13.1 Å². The molecule has 122 valence electrons. The highest BCUT2D eigenvalue weighted by Gasteiger charge is 2.40. The molecule has 0 unspecified atom stereocenters. The van der Waals surface area contributed by atoms with Gasteiger partial charge < -0.3 is 9.64 Å². The molecule has 1 rings (SSSR count). The number of hydrogen-bond donors (Lipinski definition) is 0. The van der Waals surface area contributed by atoms with E-state index in [0.717, 1.165) is 0 Å². The lowest BCUT2D eigenvalue weighted by atomic mass is 10.2. The molecule has 0 atom stereocenters. The van der Waals surface area contributed by atoms with Crippen molar-refractivity contribution in [1.82, 2.24) is 4.90 Å². The Hall–Kier alpha value is -1.32. The van der Waals surface area contributed by atoms with E-state index in [2.05, 4.69) is 4.36 Å². The lowest BCUT2D eigenvalue weighted by Gasteiger charge is -2.30. The van der Waals surface area contributed by atoms with Gasteiger partial charge >= 0.3 is 18.2 Å². The topological polar surface area (TPSA) is 76.0 Å².